The fraction of sp³-hybridized carbons (Fsp3) is 0.0625. The van der Waals surface area contributed by atoms with Gasteiger partial charge in [0.2, 0.25) is 0 Å². The van der Waals surface area contributed by atoms with Crippen LogP contribution >= 0.6 is 11.6 Å². The molecule has 0 aliphatic carbocycles. The molecule has 0 aliphatic rings. The van der Waals surface area contributed by atoms with Crippen molar-refractivity contribution in [1.29, 1.82) is 0 Å². The number of methoxy groups -OCH3 is 2. The Hall–Kier alpha value is -5.41. The highest BCUT2D eigenvalue weighted by atomic mass is 35.5. The SMILES string of the molecule is COc1ccc(NC(=O)c2ccccc2)cc1N=Nc1c(O)c(C(=O)Nc2cc(Cl)ccc2OC)cc2ccccc12. The molecule has 5 aromatic rings. The molecule has 0 aliphatic heterocycles. The van der Waals surface area contributed by atoms with E-state index in [1.807, 2.05) is 12.1 Å². The quantitative estimate of drug-likeness (QED) is 0.160. The molecule has 0 saturated heterocycles. The van der Waals surface area contributed by atoms with Gasteiger partial charge in [-0.3, -0.25) is 9.59 Å². The first-order valence-electron chi connectivity index (χ1n) is 12.7. The number of nitrogens with zero attached hydrogens (tertiary/aromatic N) is 2. The smallest absolute Gasteiger partial charge is 0.259 e. The van der Waals surface area contributed by atoms with Gasteiger partial charge in [0.1, 0.15) is 22.9 Å². The predicted octanol–water partition coefficient (Wildman–Crippen LogP) is 8.14. The van der Waals surface area contributed by atoms with Crippen LogP contribution < -0.4 is 20.1 Å². The molecule has 0 aromatic heterocycles. The molecule has 10 heteroatoms. The van der Waals surface area contributed by atoms with Crippen molar-refractivity contribution in [2.24, 2.45) is 10.2 Å². The maximum Gasteiger partial charge on any atom is 0.259 e. The first-order chi connectivity index (χ1) is 20.4. The Labute approximate surface area is 246 Å². The van der Waals surface area contributed by atoms with E-state index in [0.29, 0.717) is 49.9 Å². The number of carbonyl (C=O) groups is 2. The normalized spacial score (nSPS) is 10.9. The fourth-order valence-corrected chi connectivity index (χ4v) is 4.47. The Kier molecular flexibility index (Phi) is 8.31. The number of azo groups is 1. The van der Waals surface area contributed by atoms with Crippen molar-refractivity contribution >= 4 is 56.9 Å². The number of rotatable bonds is 8. The Morgan fingerprint density at radius 3 is 2.24 bits per heavy atom. The largest absolute Gasteiger partial charge is 0.505 e. The van der Waals surface area contributed by atoms with Crippen LogP contribution in [0.15, 0.2) is 107 Å². The van der Waals surface area contributed by atoms with Gasteiger partial charge in [-0.25, -0.2) is 0 Å². The number of hydrogen-bond donors (Lipinski definition) is 3. The molecule has 0 unspecified atom stereocenters. The van der Waals surface area contributed by atoms with E-state index >= 15 is 0 Å². The van der Waals surface area contributed by atoms with E-state index in [9.17, 15) is 14.7 Å². The number of amides is 2. The number of nitrogens with one attached hydrogen (secondary N) is 2. The molecule has 3 N–H and O–H groups in total. The molecule has 210 valence electrons. The standard InChI is InChI=1S/C32H25ClN4O5/c1-41-27-14-12-21(33)17-25(27)35-32(40)24-16-20-10-6-7-11-23(20)29(30(24)38)37-36-26-18-22(13-15-28(26)42-2)34-31(39)19-8-4-3-5-9-19/h3-18,38H,1-2H3,(H,34,39)(H,35,40). The van der Waals surface area contributed by atoms with Gasteiger partial charge in [-0.1, -0.05) is 54.1 Å². The summed E-state index contributed by atoms with van der Waals surface area (Å²) in [4.78, 5) is 26.0. The summed E-state index contributed by atoms with van der Waals surface area (Å²) >= 11 is 6.12. The number of halogens is 1. The highest BCUT2D eigenvalue weighted by molar-refractivity contribution is 6.31. The van der Waals surface area contributed by atoms with Crippen molar-refractivity contribution in [3.05, 3.63) is 113 Å². The van der Waals surface area contributed by atoms with Gasteiger partial charge in [0.05, 0.1) is 25.5 Å². The number of carbonyl (C=O) groups excluding carboxylic acids is 2. The molecule has 9 nitrogen and oxygen atoms in total. The summed E-state index contributed by atoms with van der Waals surface area (Å²) in [6, 6.07) is 27.3. The van der Waals surface area contributed by atoms with Crippen LogP contribution in [0.1, 0.15) is 20.7 Å². The van der Waals surface area contributed by atoms with Gasteiger partial charge in [0, 0.05) is 21.7 Å². The van der Waals surface area contributed by atoms with Crippen LogP contribution in [0.3, 0.4) is 0 Å². The van der Waals surface area contributed by atoms with Gasteiger partial charge in [0.15, 0.2) is 5.75 Å². The van der Waals surface area contributed by atoms with Crippen LogP contribution in [-0.2, 0) is 0 Å². The van der Waals surface area contributed by atoms with Crippen molar-refractivity contribution in [2.75, 3.05) is 24.9 Å². The van der Waals surface area contributed by atoms with E-state index in [0.717, 1.165) is 0 Å². The van der Waals surface area contributed by atoms with E-state index < -0.39 is 5.91 Å². The third-order valence-electron chi connectivity index (χ3n) is 6.38. The predicted molar refractivity (Wildman–Crippen MR) is 163 cm³/mol. The fourth-order valence-electron chi connectivity index (χ4n) is 4.30. The maximum atomic E-state index is 13.3. The minimum absolute atomic E-state index is 0.0273. The van der Waals surface area contributed by atoms with Crippen LogP contribution in [0.4, 0.5) is 22.7 Å². The Balaban J connectivity index is 1.51. The number of phenolic OH excluding ortho intramolecular Hbond substituents is 1. The Morgan fingerprint density at radius 1 is 0.762 bits per heavy atom. The van der Waals surface area contributed by atoms with Crippen molar-refractivity contribution in [3.63, 3.8) is 0 Å². The number of hydrogen-bond acceptors (Lipinski definition) is 7. The minimum Gasteiger partial charge on any atom is -0.505 e. The van der Waals surface area contributed by atoms with Crippen LogP contribution in [0.25, 0.3) is 10.8 Å². The molecule has 0 heterocycles. The zero-order valence-corrected chi connectivity index (χ0v) is 23.3. The third-order valence-corrected chi connectivity index (χ3v) is 6.62. The number of aromatic hydroxyl groups is 1. The molecular formula is C32H25ClN4O5. The van der Waals surface area contributed by atoms with Crippen LogP contribution in [0.5, 0.6) is 17.2 Å². The van der Waals surface area contributed by atoms with E-state index in [1.165, 1.54) is 14.2 Å². The lowest BCUT2D eigenvalue weighted by molar-refractivity contribution is 0.101. The highest BCUT2D eigenvalue weighted by Gasteiger charge is 2.20. The lowest BCUT2D eigenvalue weighted by atomic mass is 10.0. The number of phenols is 1. The van der Waals surface area contributed by atoms with Gasteiger partial charge in [-0.2, -0.15) is 0 Å². The zero-order valence-electron chi connectivity index (χ0n) is 22.6. The van der Waals surface area contributed by atoms with Gasteiger partial charge < -0.3 is 25.2 Å². The van der Waals surface area contributed by atoms with Crippen LogP contribution in [-0.4, -0.2) is 31.1 Å². The lowest BCUT2D eigenvalue weighted by Crippen LogP contribution is -2.13. The Bertz CT molecular complexity index is 1830. The summed E-state index contributed by atoms with van der Waals surface area (Å²) in [6.45, 7) is 0. The second-order valence-corrected chi connectivity index (χ2v) is 9.48. The second-order valence-electron chi connectivity index (χ2n) is 9.05. The Morgan fingerprint density at radius 2 is 1.48 bits per heavy atom. The number of anilines is 2. The highest BCUT2D eigenvalue weighted by Crippen LogP contribution is 2.41. The summed E-state index contributed by atoms with van der Waals surface area (Å²) < 4.78 is 10.8. The molecule has 0 radical (unpaired) electrons. The second kappa shape index (κ2) is 12.4. The van der Waals surface area contributed by atoms with Crippen molar-refractivity contribution < 1.29 is 24.2 Å². The molecular weight excluding hydrogens is 556 g/mol. The zero-order chi connectivity index (χ0) is 29.6. The maximum absolute atomic E-state index is 13.3. The van der Waals surface area contributed by atoms with E-state index in [1.54, 1.807) is 84.9 Å². The summed E-state index contributed by atoms with van der Waals surface area (Å²) in [6.07, 6.45) is 0. The summed E-state index contributed by atoms with van der Waals surface area (Å²) in [5.41, 5.74) is 1.66. The van der Waals surface area contributed by atoms with Gasteiger partial charge in [0.25, 0.3) is 11.8 Å². The first kappa shape index (κ1) is 28.1. The van der Waals surface area contributed by atoms with Gasteiger partial charge in [-0.05, 0) is 60.0 Å². The molecule has 2 amide bonds. The van der Waals surface area contributed by atoms with Crippen molar-refractivity contribution in [1.82, 2.24) is 0 Å². The topological polar surface area (TPSA) is 122 Å². The van der Waals surface area contributed by atoms with Crippen LogP contribution in [0, 0.1) is 0 Å². The van der Waals surface area contributed by atoms with E-state index in [4.69, 9.17) is 21.1 Å². The van der Waals surface area contributed by atoms with Crippen molar-refractivity contribution in [2.45, 2.75) is 0 Å². The average molecular weight is 581 g/mol. The summed E-state index contributed by atoms with van der Waals surface area (Å²) in [5, 5.41) is 27.2. The molecule has 42 heavy (non-hydrogen) atoms. The molecule has 0 atom stereocenters. The minimum atomic E-state index is -0.599. The number of benzene rings is 5. The lowest BCUT2D eigenvalue weighted by Gasteiger charge is -2.13. The summed E-state index contributed by atoms with van der Waals surface area (Å²) in [5.74, 6) is -0.467. The monoisotopic (exact) mass is 580 g/mol. The molecule has 5 aromatic carbocycles. The van der Waals surface area contributed by atoms with Gasteiger partial charge in [-0.15, -0.1) is 10.2 Å². The number of fused-ring (bicyclic) bond motifs is 1. The number of ether oxygens (including phenoxy) is 2. The first-order valence-corrected chi connectivity index (χ1v) is 13.1. The summed E-state index contributed by atoms with van der Waals surface area (Å²) in [7, 11) is 2.96. The van der Waals surface area contributed by atoms with Crippen LogP contribution in [0.2, 0.25) is 5.02 Å². The molecule has 0 saturated carbocycles. The van der Waals surface area contributed by atoms with Gasteiger partial charge >= 0.3 is 0 Å². The van der Waals surface area contributed by atoms with Crippen molar-refractivity contribution in [3.8, 4) is 17.2 Å². The molecule has 0 fully saturated rings. The van der Waals surface area contributed by atoms with E-state index in [2.05, 4.69) is 20.9 Å². The molecule has 0 bridgehead atoms. The molecule has 0 spiro atoms. The molecule has 5 rings (SSSR count). The van der Waals surface area contributed by atoms with E-state index in [-0.39, 0.29) is 22.9 Å². The average Bonchev–Trinajstić information content (AvgIpc) is 3.01. The third kappa shape index (κ3) is 6.01.